The summed E-state index contributed by atoms with van der Waals surface area (Å²) in [5, 5.41) is 6.34. The molecule has 0 saturated carbocycles. The Kier molecular flexibility index (Phi) is 6.14. The highest BCUT2D eigenvalue weighted by Gasteiger charge is 2.40. The summed E-state index contributed by atoms with van der Waals surface area (Å²) in [6.07, 6.45) is -3.88. The first-order valence-electron chi connectivity index (χ1n) is 9.41. The van der Waals surface area contributed by atoms with Crippen LogP contribution in [0.5, 0.6) is 0 Å². The van der Waals surface area contributed by atoms with Gasteiger partial charge in [-0.25, -0.2) is 4.68 Å². The molecule has 0 unspecified atom stereocenters. The van der Waals surface area contributed by atoms with Gasteiger partial charge >= 0.3 is 6.18 Å². The number of nitrogens with zero attached hydrogens (tertiary/aromatic N) is 3. The van der Waals surface area contributed by atoms with Gasteiger partial charge < -0.3 is 10.2 Å². The molecular formula is C22H21F3N4O2. The second-order valence-electron chi connectivity index (χ2n) is 7.13. The summed E-state index contributed by atoms with van der Waals surface area (Å²) in [5.74, 6) is -1.06. The van der Waals surface area contributed by atoms with Crippen molar-refractivity contribution in [2.24, 2.45) is 0 Å². The van der Waals surface area contributed by atoms with Gasteiger partial charge in [0.2, 0.25) is 5.91 Å². The van der Waals surface area contributed by atoms with Gasteiger partial charge in [0.1, 0.15) is 0 Å². The molecule has 0 aliphatic rings. The summed E-state index contributed by atoms with van der Waals surface area (Å²) in [4.78, 5) is 25.6. The summed E-state index contributed by atoms with van der Waals surface area (Å²) >= 11 is 0. The molecule has 0 spiro atoms. The first-order chi connectivity index (χ1) is 14.6. The van der Waals surface area contributed by atoms with Crippen molar-refractivity contribution in [2.75, 3.05) is 12.4 Å². The van der Waals surface area contributed by atoms with Crippen LogP contribution in [-0.4, -0.2) is 33.5 Å². The Morgan fingerprint density at radius 1 is 1.13 bits per heavy atom. The van der Waals surface area contributed by atoms with E-state index in [0.717, 1.165) is 16.4 Å². The van der Waals surface area contributed by atoms with E-state index in [1.165, 1.54) is 17.9 Å². The third-order valence-electron chi connectivity index (χ3n) is 4.77. The van der Waals surface area contributed by atoms with Crippen LogP contribution in [0.3, 0.4) is 0 Å². The molecule has 9 heteroatoms. The number of nitrogens with one attached hydrogen (secondary N) is 1. The van der Waals surface area contributed by atoms with Gasteiger partial charge in [0.15, 0.2) is 5.69 Å². The van der Waals surface area contributed by atoms with Crippen LogP contribution in [0.25, 0.3) is 5.69 Å². The molecular weight excluding hydrogens is 409 g/mol. The first kappa shape index (κ1) is 22.1. The van der Waals surface area contributed by atoms with Gasteiger partial charge in [0.25, 0.3) is 5.91 Å². The topological polar surface area (TPSA) is 67.2 Å². The molecule has 2 amide bonds. The minimum atomic E-state index is -4.79. The lowest BCUT2D eigenvalue weighted by atomic mass is 10.1. The summed E-state index contributed by atoms with van der Waals surface area (Å²) in [6, 6.07) is 13.1. The molecule has 1 aromatic heterocycles. The number of aryl methyl sites for hydroxylation is 1. The molecule has 3 rings (SSSR count). The lowest BCUT2D eigenvalue weighted by molar-refractivity contribution is -0.143. The Hall–Kier alpha value is -3.62. The number of hydrogen-bond donors (Lipinski definition) is 1. The van der Waals surface area contributed by atoms with Gasteiger partial charge in [-0.3, -0.25) is 9.59 Å². The van der Waals surface area contributed by atoms with Crippen LogP contribution in [0, 0.1) is 6.92 Å². The Balaban J connectivity index is 1.93. The number of carbonyl (C=O) groups excluding carboxylic acids is 2. The fourth-order valence-corrected chi connectivity index (χ4v) is 3.10. The zero-order valence-corrected chi connectivity index (χ0v) is 17.2. The number of alkyl halides is 3. The summed E-state index contributed by atoms with van der Waals surface area (Å²) in [5.41, 5.74) is 0.139. The van der Waals surface area contributed by atoms with E-state index < -0.39 is 23.3 Å². The molecule has 3 aromatic rings. The monoisotopic (exact) mass is 430 g/mol. The average molecular weight is 430 g/mol. The zero-order chi connectivity index (χ0) is 22.8. The molecule has 1 heterocycles. The van der Waals surface area contributed by atoms with Crippen molar-refractivity contribution in [1.29, 1.82) is 0 Å². The SMILES string of the molecule is CC(=O)N(C)Cc1cccc(NC(=O)c2cnn(-c3ccccc3C)c2C(F)(F)F)c1. The first-order valence-corrected chi connectivity index (χ1v) is 9.41. The van der Waals surface area contributed by atoms with Crippen LogP contribution in [0.4, 0.5) is 18.9 Å². The van der Waals surface area contributed by atoms with Crippen LogP contribution < -0.4 is 5.32 Å². The fourth-order valence-electron chi connectivity index (χ4n) is 3.10. The van der Waals surface area contributed by atoms with Gasteiger partial charge in [-0.2, -0.15) is 18.3 Å². The van der Waals surface area contributed by atoms with E-state index in [4.69, 9.17) is 0 Å². The lowest BCUT2D eigenvalue weighted by Gasteiger charge is -2.16. The van der Waals surface area contributed by atoms with E-state index in [0.29, 0.717) is 17.8 Å². The van der Waals surface area contributed by atoms with Crippen LogP contribution in [0.1, 0.15) is 34.1 Å². The molecule has 0 fully saturated rings. The Labute approximate surface area is 177 Å². The highest BCUT2D eigenvalue weighted by atomic mass is 19.4. The average Bonchev–Trinajstić information content (AvgIpc) is 3.14. The minimum absolute atomic E-state index is 0.132. The number of para-hydroxylation sites is 1. The van der Waals surface area contributed by atoms with Crippen LogP contribution in [-0.2, 0) is 17.5 Å². The Morgan fingerprint density at radius 2 is 1.84 bits per heavy atom. The summed E-state index contributed by atoms with van der Waals surface area (Å²) < 4.78 is 42.3. The predicted octanol–water partition coefficient (Wildman–Crippen LogP) is 4.43. The van der Waals surface area contributed by atoms with E-state index in [1.54, 1.807) is 56.4 Å². The van der Waals surface area contributed by atoms with Crippen molar-refractivity contribution < 1.29 is 22.8 Å². The molecule has 6 nitrogen and oxygen atoms in total. The van der Waals surface area contributed by atoms with Crippen LogP contribution >= 0.6 is 0 Å². The highest BCUT2D eigenvalue weighted by molar-refractivity contribution is 6.05. The summed E-state index contributed by atoms with van der Waals surface area (Å²) in [7, 11) is 1.63. The van der Waals surface area contributed by atoms with Crippen molar-refractivity contribution in [2.45, 2.75) is 26.6 Å². The van der Waals surface area contributed by atoms with E-state index in [2.05, 4.69) is 10.4 Å². The van der Waals surface area contributed by atoms with Gasteiger partial charge in [-0.1, -0.05) is 30.3 Å². The van der Waals surface area contributed by atoms with Crippen molar-refractivity contribution in [1.82, 2.24) is 14.7 Å². The van der Waals surface area contributed by atoms with E-state index in [-0.39, 0.29) is 11.6 Å². The number of carbonyl (C=O) groups is 2. The standard InChI is InChI=1S/C22H21F3N4O2/c1-14-7-4-5-10-19(14)29-20(22(23,24)25)18(12-26-29)21(31)27-17-9-6-8-16(11-17)13-28(3)15(2)30/h4-12H,13H2,1-3H3,(H,27,31). The normalized spacial score (nSPS) is 11.3. The molecule has 2 aromatic carbocycles. The maximum absolute atomic E-state index is 13.9. The third-order valence-corrected chi connectivity index (χ3v) is 4.77. The second-order valence-corrected chi connectivity index (χ2v) is 7.13. The number of benzene rings is 2. The number of halogens is 3. The highest BCUT2D eigenvalue weighted by Crippen LogP contribution is 2.34. The fraction of sp³-hybridized carbons (Fsp3) is 0.227. The Bertz CT molecular complexity index is 1120. The maximum Gasteiger partial charge on any atom is 0.434 e. The number of aromatic nitrogens is 2. The third kappa shape index (κ3) is 4.93. The molecule has 31 heavy (non-hydrogen) atoms. The largest absolute Gasteiger partial charge is 0.434 e. The molecule has 1 N–H and O–H groups in total. The van der Waals surface area contributed by atoms with Crippen molar-refractivity contribution in [3.63, 3.8) is 0 Å². The van der Waals surface area contributed by atoms with Crippen LogP contribution in [0.2, 0.25) is 0 Å². The van der Waals surface area contributed by atoms with Gasteiger partial charge in [-0.15, -0.1) is 0 Å². The van der Waals surface area contributed by atoms with Gasteiger partial charge in [-0.05, 0) is 36.2 Å². The number of hydrogen-bond acceptors (Lipinski definition) is 3. The second kappa shape index (κ2) is 8.63. The molecule has 0 aliphatic heterocycles. The van der Waals surface area contributed by atoms with E-state index >= 15 is 0 Å². The number of anilines is 1. The quantitative estimate of drug-likeness (QED) is 0.651. The van der Waals surface area contributed by atoms with Crippen LogP contribution in [0.15, 0.2) is 54.7 Å². The summed E-state index contributed by atoms with van der Waals surface area (Å²) in [6.45, 7) is 3.40. The molecule has 0 aliphatic carbocycles. The zero-order valence-electron chi connectivity index (χ0n) is 17.2. The van der Waals surface area contributed by atoms with E-state index in [9.17, 15) is 22.8 Å². The predicted molar refractivity (Wildman–Crippen MR) is 110 cm³/mol. The smallest absolute Gasteiger partial charge is 0.342 e. The van der Waals surface area contributed by atoms with E-state index in [1.807, 2.05) is 0 Å². The van der Waals surface area contributed by atoms with Crippen molar-refractivity contribution >= 4 is 17.5 Å². The molecule has 0 radical (unpaired) electrons. The molecule has 162 valence electrons. The van der Waals surface area contributed by atoms with Crippen molar-refractivity contribution in [3.05, 3.63) is 77.1 Å². The molecule has 0 atom stereocenters. The maximum atomic E-state index is 13.9. The van der Waals surface area contributed by atoms with Gasteiger partial charge in [0.05, 0.1) is 17.4 Å². The number of amides is 2. The van der Waals surface area contributed by atoms with Gasteiger partial charge in [0, 0.05) is 26.2 Å². The molecule has 0 bridgehead atoms. The number of rotatable bonds is 5. The van der Waals surface area contributed by atoms with Crippen molar-refractivity contribution in [3.8, 4) is 5.69 Å². The lowest BCUT2D eigenvalue weighted by Crippen LogP contribution is -2.23. The molecule has 0 saturated heterocycles. The minimum Gasteiger partial charge on any atom is -0.342 e. The Morgan fingerprint density at radius 3 is 2.48 bits per heavy atom.